The van der Waals surface area contributed by atoms with Crippen LogP contribution in [0.3, 0.4) is 0 Å². The molecule has 2 heterocycles. The average Bonchev–Trinajstić information content (AvgIpc) is 2.37. The number of rotatable bonds is 4. The third-order valence-electron chi connectivity index (χ3n) is 2.67. The second kappa shape index (κ2) is 6.41. The number of halogens is 2. The van der Waals surface area contributed by atoms with E-state index in [1.165, 1.54) is 5.56 Å². The van der Waals surface area contributed by atoms with Gasteiger partial charge >= 0.3 is 0 Å². The summed E-state index contributed by atoms with van der Waals surface area (Å²) in [5.41, 5.74) is 2.18. The van der Waals surface area contributed by atoms with Crippen LogP contribution in [0.2, 0.25) is 0 Å². The van der Waals surface area contributed by atoms with Crippen LogP contribution in [-0.2, 0) is 6.42 Å². The van der Waals surface area contributed by atoms with Gasteiger partial charge in [0.2, 0.25) is 0 Å². The quantitative estimate of drug-likeness (QED) is 0.894. The zero-order valence-electron chi connectivity index (χ0n) is 9.90. The molecule has 0 aliphatic heterocycles. The molecule has 1 atom stereocenters. The lowest BCUT2D eigenvalue weighted by molar-refractivity contribution is 0.572. The first-order valence-corrected chi connectivity index (χ1v) is 7.16. The molecule has 2 rings (SSSR count). The van der Waals surface area contributed by atoms with Crippen LogP contribution in [-0.4, -0.2) is 17.0 Å². The van der Waals surface area contributed by atoms with Crippen LogP contribution in [0.25, 0.3) is 0 Å². The molecule has 1 N–H and O–H groups in total. The van der Waals surface area contributed by atoms with Gasteiger partial charge in [0.15, 0.2) is 0 Å². The average molecular weight is 371 g/mol. The first-order valence-electron chi connectivity index (χ1n) is 5.58. The molecule has 0 aromatic carbocycles. The second-order valence-corrected chi connectivity index (χ2v) is 5.70. The Bertz CT molecular complexity index is 531. The molecule has 0 saturated carbocycles. The van der Waals surface area contributed by atoms with Crippen LogP contribution >= 0.6 is 31.9 Å². The second-order valence-electron chi connectivity index (χ2n) is 3.93. The summed E-state index contributed by atoms with van der Waals surface area (Å²) in [7, 11) is 1.94. The van der Waals surface area contributed by atoms with Crippen LogP contribution in [0.4, 0.5) is 0 Å². The third kappa shape index (κ3) is 3.37. The van der Waals surface area contributed by atoms with Crippen molar-refractivity contribution < 1.29 is 0 Å². The highest BCUT2D eigenvalue weighted by Crippen LogP contribution is 2.24. The molecule has 1 unspecified atom stereocenters. The maximum Gasteiger partial charge on any atom is 0.0718 e. The maximum absolute atomic E-state index is 4.43. The fourth-order valence-electron chi connectivity index (χ4n) is 1.79. The van der Waals surface area contributed by atoms with E-state index in [2.05, 4.69) is 53.2 Å². The molecular formula is C13H13Br2N3. The Hall–Kier alpha value is -0.780. The molecule has 2 aromatic heterocycles. The fraction of sp³-hybridized carbons (Fsp3) is 0.231. The largest absolute Gasteiger partial charge is 0.311 e. The summed E-state index contributed by atoms with van der Waals surface area (Å²) in [6.07, 6.45) is 6.32. The van der Waals surface area contributed by atoms with Gasteiger partial charge in [0.05, 0.1) is 11.7 Å². The normalized spacial score (nSPS) is 12.4. The molecule has 0 aliphatic carbocycles. The van der Waals surface area contributed by atoms with Gasteiger partial charge in [-0.1, -0.05) is 0 Å². The lowest BCUT2D eigenvalue weighted by Gasteiger charge is -2.17. The number of nitrogens with one attached hydrogen (secondary N) is 1. The smallest absolute Gasteiger partial charge is 0.0718 e. The van der Waals surface area contributed by atoms with E-state index in [0.29, 0.717) is 0 Å². The van der Waals surface area contributed by atoms with Crippen LogP contribution in [0.15, 0.2) is 45.7 Å². The number of nitrogens with zero attached hydrogens (tertiary/aromatic N) is 2. The van der Waals surface area contributed by atoms with Crippen molar-refractivity contribution in [3.05, 3.63) is 57.0 Å². The lowest BCUT2D eigenvalue weighted by atomic mass is 10.0. The molecule has 0 spiro atoms. The number of hydrogen-bond acceptors (Lipinski definition) is 3. The van der Waals surface area contributed by atoms with Gasteiger partial charge in [-0.2, -0.15) is 0 Å². The summed E-state index contributed by atoms with van der Waals surface area (Å²) in [6, 6.07) is 6.16. The molecule has 0 fully saturated rings. The minimum Gasteiger partial charge on any atom is -0.311 e. The van der Waals surface area contributed by atoms with E-state index in [0.717, 1.165) is 21.1 Å². The molecular weight excluding hydrogens is 358 g/mol. The third-order valence-corrected chi connectivity index (χ3v) is 3.77. The van der Waals surface area contributed by atoms with Gasteiger partial charge in [-0.25, -0.2) is 0 Å². The Labute approximate surface area is 123 Å². The topological polar surface area (TPSA) is 37.8 Å². The number of likely N-dealkylation sites (N-methyl/N-ethyl adjacent to an activating group) is 1. The Morgan fingerprint density at radius 3 is 2.83 bits per heavy atom. The predicted octanol–water partition coefficient (Wildman–Crippen LogP) is 3.50. The molecule has 0 bridgehead atoms. The first kappa shape index (κ1) is 13.6. The molecule has 0 amide bonds. The molecule has 0 saturated heterocycles. The zero-order valence-corrected chi connectivity index (χ0v) is 13.1. The summed E-state index contributed by atoms with van der Waals surface area (Å²) >= 11 is 6.98. The molecule has 2 aromatic rings. The Balaban J connectivity index is 2.23. The van der Waals surface area contributed by atoms with E-state index in [-0.39, 0.29) is 6.04 Å². The SMILES string of the molecule is CNC(Cc1cncc(Br)c1)c1ncccc1Br. The van der Waals surface area contributed by atoms with Crippen molar-refractivity contribution in [1.82, 2.24) is 15.3 Å². The standard InChI is InChI=1S/C13H13Br2N3/c1-16-12(13-11(15)3-2-4-18-13)6-9-5-10(14)8-17-7-9/h2-5,7-8,12,16H,6H2,1H3. The van der Waals surface area contributed by atoms with Gasteiger partial charge in [0, 0.05) is 27.5 Å². The van der Waals surface area contributed by atoms with E-state index >= 15 is 0 Å². The van der Waals surface area contributed by atoms with Crippen LogP contribution in [0.5, 0.6) is 0 Å². The number of aromatic nitrogens is 2. The Morgan fingerprint density at radius 1 is 1.33 bits per heavy atom. The summed E-state index contributed by atoms with van der Waals surface area (Å²) in [6.45, 7) is 0. The van der Waals surface area contributed by atoms with Gasteiger partial charge in [-0.05, 0) is 69.1 Å². The van der Waals surface area contributed by atoms with Crippen LogP contribution < -0.4 is 5.32 Å². The van der Waals surface area contributed by atoms with Gasteiger partial charge in [-0.15, -0.1) is 0 Å². The van der Waals surface area contributed by atoms with Crippen molar-refractivity contribution in [2.45, 2.75) is 12.5 Å². The molecule has 0 aliphatic rings. The van der Waals surface area contributed by atoms with Gasteiger partial charge in [-0.3, -0.25) is 9.97 Å². The molecule has 94 valence electrons. The summed E-state index contributed by atoms with van der Waals surface area (Å²) < 4.78 is 2.02. The van der Waals surface area contributed by atoms with Gasteiger partial charge in [0.1, 0.15) is 0 Å². The maximum atomic E-state index is 4.43. The van der Waals surface area contributed by atoms with Crippen molar-refractivity contribution >= 4 is 31.9 Å². The monoisotopic (exact) mass is 369 g/mol. The number of hydrogen-bond donors (Lipinski definition) is 1. The number of pyridine rings is 2. The van der Waals surface area contributed by atoms with Crippen molar-refractivity contribution in [3.8, 4) is 0 Å². The Kier molecular flexibility index (Phi) is 4.86. The highest BCUT2D eigenvalue weighted by Gasteiger charge is 2.14. The molecule has 3 nitrogen and oxygen atoms in total. The fourth-order valence-corrected chi connectivity index (χ4v) is 2.74. The van der Waals surface area contributed by atoms with Crippen molar-refractivity contribution in [3.63, 3.8) is 0 Å². The van der Waals surface area contributed by atoms with E-state index in [1.807, 2.05) is 31.6 Å². The van der Waals surface area contributed by atoms with Crippen molar-refractivity contribution in [2.24, 2.45) is 0 Å². The minimum absolute atomic E-state index is 0.164. The Morgan fingerprint density at radius 2 is 2.17 bits per heavy atom. The lowest BCUT2D eigenvalue weighted by Crippen LogP contribution is -2.20. The van der Waals surface area contributed by atoms with E-state index in [9.17, 15) is 0 Å². The summed E-state index contributed by atoms with van der Waals surface area (Å²) in [5, 5.41) is 3.29. The van der Waals surface area contributed by atoms with Crippen LogP contribution in [0, 0.1) is 0 Å². The van der Waals surface area contributed by atoms with Crippen LogP contribution in [0.1, 0.15) is 17.3 Å². The van der Waals surface area contributed by atoms with E-state index in [4.69, 9.17) is 0 Å². The van der Waals surface area contributed by atoms with Crippen molar-refractivity contribution in [2.75, 3.05) is 7.05 Å². The molecule has 5 heteroatoms. The summed E-state index contributed by atoms with van der Waals surface area (Å²) in [4.78, 5) is 8.61. The predicted molar refractivity (Wildman–Crippen MR) is 79.4 cm³/mol. The van der Waals surface area contributed by atoms with Crippen molar-refractivity contribution in [1.29, 1.82) is 0 Å². The van der Waals surface area contributed by atoms with E-state index < -0.39 is 0 Å². The highest BCUT2D eigenvalue weighted by atomic mass is 79.9. The van der Waals surface area contributed by atoms with E-state index in [1.54, 1.807) is 6.20 Å². The van der Waals surface area contributed by atoms with Gasteiger partial charge < -0.3 is 5.32 Å². The first-order chi connectivity index (χ1) is 8.70. The zero-order chi connectivity index (χ0) is 13.0. The molecule has 0 radical (unpaired) electrons. The van der Waals surface area contributed by atoms with Gasteiger partial charge in [0.25, 0.3) is 0 Å². The highest BCUT2D eigenvalue weighted by molar-refractivity contribution is 9.10. The summed E-state index contributed by atoms with van der Waals surface area (Å²) in [5.74, 6) is 0. The minimum atomic E-state index is 0.164. The molecule has 18 heavy (non-hydrogen) atoms.